The number of aliphatic hydroxyl groups is 3. The number of urea groups is 1. The number of rotatable bonds is 8. The van der Waals surface area contributed by atoms with Gasteiger partial charge in [0, 0.05) is 25.3 Å². The number of para-hydroxylation sites is 1. The Balaban J connectivity index is 2.14. The number of carbonyl (C=O) groups excluding carboxylic acids is 3. The molecule has 12 nitrogen and oxygen atoms in total. The van der Waals surface area contributed by atoms with Crippen LogP contribution in [-0.2, 0) is 4.79 Å². The molecule has 0 heterocycles. The van der Waals surface area contributed by atoms with Gasteiger partial charge in [0.05, 0.1) is 24.6 Å². The second kappa shape index (κ2) is 11.0. The zero-order valence-corrected chi connectivity index (χ0v) is 23.4. The van der Waals surface area contributed by atoms with Crippen molar-refractivity contribution in [1.82, 2.24) is 10.2 Å². The number of nitrogens with one attached hydrogen (secondary N) is 2. The zero-order chi connectivity index (χ0) is 30.2. The van der Waals surface area contributed by atoms with Gasteiger partial charge in [-0.3, -0.25) is 9.59 Å². The number of aryl methyl sites for hydroxylation is 1. The van der Waals surface area contributed by atoms with Gasteiger partial charge in [0.25, 0.3) is 0 Å². The SMILES string of the molecule is CC(=O)c1cccc(N[C@H]2[C@H](N)[C@@](NC(=O)N(C)C)([C@H](C)O)[C@@](C)(O)[C@]2(O)CC(=O)Oc2c(C)cccc2O)c1. The molecule has 3 rings (SSSR count). The highest BCUT2D eigenvalue weighted by atomic mass is 16.5. The van der Waals surface area contributed by atoms with Gasteiger partial charge in [-0.15, -0.1) is 0 Å². The van der Waals surface area contributed by atoms with E-state index in [0.717, 1.165) is 4.90 Å². The van der Waals surface area contributed by atoms with Crippen molar-refractivity contribution in [2.75, 3.05) is 19.4 Å². The maximum absolute atomic E-state index is 13.2. The third kappa shape index (κ3) is 5.10. The van der Waals surface area contributed by atoms with E-state index in [0.29, 0.717) is 16.8 Å². The molecule has 1 fully saturated rings. The lowest BCUT2D eigenvalue weighted by Gasteiger charge is -2.48. The first-order valence-electron chi connectivity index (χ1n) is 12.7. The van der Waals surface area contributed by atoms with Crippen LogP contribution in [0.15, 0.2) is 42.5 Å². The molecular formula is C28H38N4O8. The van der Waals surface area contributed by atoms with Gasteiger partial charge in [0.1, 0.15) is 16.7 Å². The summed E-state index contributed by atoms with van der Waals surface area (Å²) in [5, 5.41) is 51.1. The van der Waals surface area contributed by atoms with Crippen LogP contribution in [0.25, 0.3) is 0 Å². The number of amides is 2. The maximum Gasteiger partial charge on any atom is 0.317 e. The fourth-order valence-corrected chi connectivity index (χ4v) is 5.47. The van der Waals surface area contributed by atoms with E-state index in [1.807, 2.05) is 0 Å². The summed E-state index contributed by atoms with van der Waals surface area (Å²) < 4.78 is 5.40. The lowest BCUT2D eigenvalue weighted by atomic mass is 9.72. The third-order valence-corrected chi connectivity index (χ3v) is 7.84. The zero-order valence-electron chi connectivity index (χ0n) is 23.4. The number of aliphatic hydroxyl groups excluding tert-OH is 1. The van der Waals surface area contributed by atoms with Gasteiger partial charge < -0.3 is 46.4 Å². The van der Waals surface area contributed by atoms with Crippen LogP contribution in [0, 0.1) is 6.92 Å². The molecule has 218 valence electrons. The van der Waals surface area contributed by atoms with Crippen LogP contribution >= 0.6 is 0 Å². The number of carbonyl (C=O) groups is 3. The maximum atomic E-state index is 13.2. The lowest BCUT2D eigenvalue weighted by Crippen LogP contribution is -2.76. The number of phenolic OH excluding ortho intramolecular Hbond substituents is 1. The van der Waals surface area contributed by atoms with Gasteiger partial charge in [0.2, 0.25) is 0 Å². The first kappa shape index (κ1) is 30.8. The molecule has 2 aromatic rings. The quantitative estimate of drug-likeness (QED) is 0.139. The van der Waals surface area contributed by atoms with E-state index in [1.54, 1.807) is 37.3 Å². The lowest BCUT2D eigenvalue weighted by molar-refractivity contribution is -0.182. The fraction of sp³-hybridized carbons (Fsp3) is 0.464. The van der Waals surface area contributed by atoms with Crippen LogP contribution < -0.4 is 21.1 Å². The van der Waals surface area contributed by atoms with Gasteiger partial charge >= 0.3 is 12.0 Å². The van der Waals surface area contributed by atoms with Crippen LogP contribution in [0.4, 0.5) is 10.5 Å². The normalized spacial score (nSPS) is 28.4. The molecule has 2 amide bonds. The molecule has 0 unspecified atom stereocenters. The summed E-state index contributed by atoms with van der Waals surface area (Å²) in [5.41, 5.74) is 0.781. The summed E-state index contributed by atoms with van der Waals surface area (Å²) in [6.45, 7) is 5.46. The van der Waals surface area contributed by atoms with Gasteiger partial charge in [-0.25, -0.2) is 4.79 Å². The highest BCUT2D eigenvalue weighted by Crippen LogP contribution is 2.51. The molecule has 6 atom stereocenters. The third-order valence-electron chi connectivity index (χ3n) is 7.84. The molecule has 0 aliphatic heterocycles. The summed E-state index contributed by atoms with van der Waals surface area (Å²) in [6, 6.07) is 7.31. The Bertz CT molecular complexity index is 1280. The van der Waals surface area contributed by atoms with E-state index in [-0.39, 0.29) is 17.3 Å². The number of ether oxygens (including phenoxy) is 1. The van der Waals surface area contributed by atoms with E-state index >= 15 is 0 Å². The minimum atomic E-state index is -2.47. The Morgan fingerprint density at radius 3 is 2.33 bits per heavy atom. The van der Waals surface area contributed by atoms with Gasteiger partial charge in [-0.1, -0.05) is 24.3 Å². The average Bonchev–Trinajstić information content (AvgIpc) is 2.97. The van der Waals surface area contributed by atoms with Gasteiger partial charge in [0.15, 0.2) is 17.3 Å². The van der Waals surface area contributed by atoms with Crippen LogP contribution in [0.1, 0.15) is 43.1 Å². The molecule has 40 heavy (non-hydrogen) atoms. The summed E-state index contributed by atoms with van der Waals surface area (Å²) in [6.07, 6.45) is -2.39. The fourth-order valence-electron chi connectivity index (χ4n) is 5.47. The number of Topliss-reactive ketones (excluding diaryl/α,β-unsaturated/α-hetero) is 1. The van der Waals surface area contributed by atoms with Crippen molar-refractivity contribution in [2.45, 2.75) is 69.0 Å². The van der Waals surface area contributed by atoms with Crippen LogP contribution in [0.2, 0.25) is 0 Å². The van der Waals surface area contributed by atoms with Crippen molar-refractivity contribution in [3.63, 3.8) is 0 Å². The number of benzene rings is 2. The predicted octanol–water partition coefficient (Wildman–Crippen LogP) is 0.893. The molecule has 0 spiro atoms. The monoisotopic (exact) mass is 558 g/mol. The molecule has 1 aliphatic rings. The number of ketones is 1. The smallest absolute Gasteiger partial charge is 0.317 e. The second-order valence-corrected chi connectivity index (χ2v) is 10.7. The Labute approximate surface area is 232 Å². The Morgan fingerprint density at radius 2 is 1.77 bits per heavy atom. The number of esters is 1. The van der Waals surface area contributed by atoms with Crippen molar-refractivity contribution in [3.8, 4) is 11.5 Å². The first-order chi connectivity index (χ1) is 18.5. The van der Waals surface area contributed by atoms with E-state index in [4.69, 9.17) is 10.5 Å². The van der Waals surface area contributed by atoms with Crippen molar-refractivity contribution >= 4 is 23.5 Å². The largest absolute Gasteiger partial charge is 0.504 e. The molecule has 8 N–H and O–H groups in total. The molecule has 12 heteroatoms. The molecule has 0 radical (unpaired) electrons. The Morgan fingerprint density at radius 1 is 1.15 bits per heavy atom. The summed E-state index contributed by atoms with van der Waals surface area (Å²) >= 11 is 0. The van der Waals surface area contributed by atoms with Crippen molar-refractivity contribution in [2.24, 2.45) is 5.73 Å². The number of hydrogen-bond donors (Lipinski definition) is 7. The Kier molecular flexibility index (Phi) is 8.51. The molecule has 1 aliphatic carbocycles. The van der Waals surface area contributed by atoms with E-state index in [1.165, 1.54) is 47.0 Å². The molecule has 0 saturated heterocycles. The van der Waals surface area contributed by atoms with Crippen LogP contribution in [-0.4, -0.2) is 92.1 Å². The number of aromatic hydroxyl groups is 1. The number of nitrogens with zero attached hydrogens (tertiary/aromatic N) is 1. The highest BCUT2D eigenvalue weighted by molar-refractivity contribution is 5.95. The van der Waals surface area contributed by atoms with Crippen LogP contribution in [0.3, 0.4) is 0 Å². The van der Waals surface area contributed by atoms with Crippen molar-refractivity contribution in [1.29, 1.82) is 0 Å². The molecule has 2 aromatic carbocycles. The topological polar surface area (TPSA) is 195 Å². The Hall–Kier alpha value is -3.71. The van der Waals surface area contributed by atoms with E-state index < -0.39 is 53.3 Å². The van der Waals surface area contributed by atoms with Crippen molar-refractivity contribution < 1.29 is 39.5 Å². The molecule has 0 bridgehead atoms. The van der Waals surface area contributed by atoms with Gasteiger partial charge in [-0.05, 0) is 51.5 Å². The number of phenols is 1. The van der Waals surface area contributed by atoms with Crippen molar-refractivity contribution in [3.05, 3.63) is 53.6 Å². The number of hydrogen-bond acceptors (Lipinski definition) is 10. The standard InChI is InChI=1S/C28H38N4O8/c1-15-9-7-12-20(35)22(15)40-21(36)14-27(39)24(30-19-11-8-10-18(13-19)16(2)33)23(29)28(17(3)34,26(27,4)38)31-25(37)32(5)6/h7-13,17,23-24,30,34-35,38-39H,14,29H2,1-6H3,(H,31,37)/t17-,23-,24-,26-,27-,28-/m0/s1. The molecular weight excluding hydrogens is 520 g/mol. The molecule has 1 saturated carbocycles. The van der Waals surface area contributed by atoms with Gasteiger partial charge in [-0.2, -0.15) is 0 Å². The summed E-state index contributed by atoms with van der Waals surface area (Å²) in [4.78, 5) is 39.2. The second-order valence-electron chi connectivity index (χ2n) is 10.7. The predicted molar refractivity (Wildman–Crippen MR) is 147 cm³/mol. The van der Waals surface area contributed by atoms with E-state index in [9.17, 15) is 34.8 Å². The first-order valence-corrected chi connectivity index (χ1v) is 12.7. The number of nitrogens with two attached hydrogens (primary N) is 1. The highest BCUT2D eigenvalue weighted by Gasteiger charge is 2.76. The average molecular weight is 559 g/mol. The minimum Gasteiger partial charge on any atom is -0.504 e. The molecule has 0 aromatic heterocycles. The minimum absolute atomic E-state index is 0.126. The summed E-state index contributed by atoms with van der Waals surface area (Å²) in [7, 11) is 2.89. The van der Waals surface area contributed by atoms with Crippen LogP contribution in [0.5, 0.6) is 11.5 Å². The summed E-state index contributed by atoms with van der Waals surface area (Å²) in [5.74, 6) is -1.68. The number of anilines is 1. The van der Waals surface area contributed by atoms with E-state index in [2.05, 4.69) is 10.6 Å².